The minimum absolute atomic E-state index is 0.00150. The van der Waals surface area contributed by atoms with E-state index in [0.717, 1.165) is 17.5 Å². The summed E-state index contributed by atoms with van der Waals surface area (Å²) < 4.78 is 0. The number of carbonyl (C=O) groups is 1. The summed E-state index contributed by atoms with van der Waals surface area (Å²) in [6.45, 7) is 4.54. The average Bonchev–Trinajstić information content (AvgIpc) is 2.33. The van der Waals surface area contributed by atoms with Crippen molar-refractivity contribution in [3.63, 3.8) is 0 Å². The zero-order valence-corrected chi connectivity index (χ0v) is 13.4. The Morgan fingerprint density at radius 3 is 2.55 bits per heavy atom. The summed E-state index contributed by atoms with van der Waals surface area (Å²) in [6.07, 6.45) is 2.36. The van der Waals surface area contributed by atoms with E-state index in [0.29, 0.717) is 16.6 Å². The quantitative estimate of drug-likeness (QED) is 0.914. The fourth-order valence-electron chi connectivity index (χ4n) is 2.57. The van der Waals surface area contributed by atoms with Gasteiger partial charge < -0.3 is 10.2 Å². The number of hydrogen-bond donors (Lipinski definition) is 1. The number of rotatable bonds is 4. The maximum absolute atomic E-state index is 12.0. The van der Waals surface area contributed by atoms with E-state index in [4.69, 9.17) is 11.6 Å². The monoisotopic (exact) mass is 294 g/mol. The van der Waals surface area contributed by atoms with Gasteiger partial charge in [-0.1, -0.05) is 25.4 Å². The molecule has 0 bridgehead atoms. The van der Waals surface area contributed by atoms with E-state index in [1.807, 2.05) is 6.07 Å². The predicted octanol–water partition coefficient (Wildman–Crippen LogP) is 3.89. The van der Waals surface area contributed by atoms with Crippen LogP contribution in [-0.4, -0.2) is 30.9 Å². The summed E-state index contributed by atoms with van der Waals surface area (Å²) in [5.74, 6) is 1.54. The lowest BCUT2D eigenvalue weighted by atomic mass is 9.73. The van der Waals surface area contributed by atoms with Crippen LogP contribution < -0.4 is 5.32 Å². The second-order valence-electron chi connectivity index (χ2n) is 6.21. The van der Waals surface area contributed by atoms with Crippen molar-refractivity contribution >= 4 is 23.2 Å². The van der Waals surface area contributed by atoms with E-state index < -0.39 is 0 Å². The summed E-state index contributed by atoms with van der Waals surface area (Å²) in [5.41, 5.74) is 1.54. The molecule has 1 aliphatic carbocycles. The van der Waals surface area contributed by atoms with Gasteiger partial charge in [0, 0.05) is 25.7 Å². The predicted molar refractivity (Wildman–Crippen MR) is 84.4 cm³/mol. The van der Waals surface area contributed by atoms with Crippen molar-refractivity contribution in [2.75, 3.05) is 19.4 Å². The number of nitrogens with one attached hydrogen (secondary N) is 1. The van der Waals surface area contributed by atoms with Crippen LogP contribution in [0.4, 0.5) is 5.69 Å². The van der Waals surface area contributed by atoms with Gasteiger partial charge in [0.2, 0.25) is 0 Å². The van der Waals surface area contributed by atoms with E-state index in [2.05, 4.69) is 19.2 Å². The Bertz CT molecular complexity index is 493. The van der Waals surface area contributed by atoms with Gasteiger partial charge in [-0.15, -0.1) is 0 Å². The zero-order chi connectivity index (χ0) is 14.9. The minimum Gasteiger partial charge on any atom is -0.381 e. The molecule has 0 aromatic heterocycles. The van der Waals surface area contributed by atoms with Gasteiger partial charge in [0.1, 0.15) is 0 Å². The van der Waals surface area contributed by atoms with Crippen LogP contribution in [0.15, 0.2) is 18.2 Å². The fourth-order valence-corrected chi connectivity index (χ4v) is 2.74. The molecule has 1 aromatic carbocycles. The van der Waals surface area contributed by atoms with Gasteiger partial charge >= 0.3 is 0 Å². The molecule has 0 unspecified atom stereocenters. The second-order valence-corrected chi connectivity index (χ2v) is 6.62. The molecular formula is C16H23ClN2O. The Hall–Kier alpha value is -1.22. The van der Waals surface area contributed by atoms with Gasteiger partial charge in [-0.25, -0.2) is 0 Å². The van der Waals surface area contributed by atoms with E-state index in [9.17, 15) is 4.79 Å². The van der Waals surface area contributed by atoms with Crippen LogP contribution >= 0.6 is 11.6 Å². The second kappa shape index (κ2) is 6.04. The molecule has 1 amide bonds. The molecule has 3 nitrogen and oxygen atoms in total. The fraction of sp³-hybridized carbons (Fsp3) is 0.562. The van der Waals surface area contributed by atoms with Gasteiger partial charge in [-0.2, -0.15) is 0 Å². The first-order valence-corrected chi connectivity index (χ1v) is 7.54. The molecule has 1 fully saturated rings. The minimum atomic E-state index is -0.00150. The van der Waals surface area contributed by atoms with Crippen molar-refractivity contribution in [2.24, 2.45) is 11.8 Å². The molecule has 1 N–H and O–H groups in total. The van der Waals surface area contributed by atoms with Gasteiger partial charge in [-0.05, 0) is 42.9 Å². The van der Waals surface area contributed by atoms with E-state index >= 15 is 0 Å². The number of benzene rings is 1. The van der Waals surface area contributed by atoms with E-state index in [1.54, 1.807) is 31.1 Å². The molecule has 0 radical (unpaired) electrons. The number of anilines is 1. The topological polar surface area (TPSA) is 32.3 Å². The third kappa shape index (κ3) is 3.26. The zero-order valence-electron chi connectivity index (χ0n) is 12.6. The smallest absolute Gasteiger partial charge is 0.253 e. The molecule has 2 rings (SSSR count). The molecule has 1 saturated carbocycles. The standard InChI is InChI=1S/C16H23ClN2O/c1-10(2)12-7-13(8-12)18-15-9-11(5-6-14(15)17)16(20)19(3)4/h5-6,9-10,12-13,18H,7-8H2,1-4H3. The number of nitrogens with zero attached hydrogens (tertiary/aromatic N) is 1. The van der Waals surface area contributed by atoms with Gasteiger partial charge in [0.25, 0.3) is 5.91 Å². The molecule has 0 atom stereocenters. The molecule has 0 heterocycles. The highest BCUT2D eigenvalue weighted by atomic mass is 35.5. The van der Waals surface area contributed by atoms with Crippen LogP contribution in [0.1, 0.15) is 37.0 Å². The Kier molecular flexibility index (Phi) is 4.59. The first-order chi connectivity index (χ1) is 9.38. The molecule has 0 aliphatic heterocycles. The summed E-state index contributed by atoms with van der Waals surface area (Å²) >= 11 is 6.22. The van der Waals surface area contributed by atoms with Crippen molar-refractivity contribution in [1.29, 1.82) is 0 Å². The lowest BCUT2D eigenvalue weighted by Crippen LogP contribution is -2.38. The summed E-state index contributed by atoms with van der Waals surface area (Å²) in [6, 6.07) is 5.89. The number of amides is 1. The van der Waals surface area contributed by atoms with Crippen molar-refractivity contribution in [2.45, 2.75) is 32.7 Å². The first-order valence-electron chi connectivity index (χ1n) is 7.16. The van der Waals surface area contributed by atoms with Crippen molar-refractivity contribution in [1.82, 2.24) is 4.90 Å². The molecule has 1 aliphatic rings. The lowest BCUT2D eigenvalue weighted by molar-refractivity contribution is 0.0827. The van der Waals surface area contributed by atoms with Crippen molar-refractivity contribution in [3.8, 4) is 0 Å². The van der Waals surface area contributed by atoms with Crippen LogP contribution in [0.3, 0.4) is 0 Å². The van der Waals surface area contributed by atoms with Crippen LogP contribution in [-0.2, 0) is 0 Å². The van der Waals surface area contributed by atoms with Crippen LogP contribution in [0.25, 0.3) is 0 Å². The summed E-state index contributed by atoms with van der Waals surface area (Å²) in [4.78, 5) is 13.5. The Morgan fingerprint density at radius 2 is 2.00 bits per heavy atom. The van der Waals surface area contributed by atoms with Gasteiger partial charge in [-0.3, -0.25) is 4.79 Å². The molecule has 110 valence electrons. The maximum Gasteiger partial charge on any atom is 0.253 e. The maximum atomic E-state index is 12.0. The molecule has 0 saturated heterocycles. The average molecular weight is 295 g/mol. The first kappa shape index (κ1) is 15.2. The van der Waals surface area contributed by atoms with Crippen molar-refractivity contribution < 1.29 is 4.79 Å². The van der Waals surface area contributed by atoms with E-state index in [-0.39, 0.29) is 5.91 Å². The lowest BCUT2D eigenvalue weighted by Gasteiger charge is -2.39. The van der Waals surface area contributed by atoms with Crippen LogP contribution in [0, 0.1) is 11.8 Å². The number of halogens is 1. The Balaban J connectivity index is 2.05. The third-order valence-corrected chi connectivity index (χ3v) is 4.43. The Morgan fingerprint density at radius 1 is 1.35 bits per heavy atom. The van der Waals surface area contributed by atoms with Gasteiger partial charge in [0.05, 0.1) is 10.7 Å². The summed E-state index contributed by atoms with van der Waals surface area (Å²) in [5, 5.41) is 4.14. The number of hydrogen-bond acceptors (Lipinski definition) is 2. The molecule has 1 aromatic rings. The van der Waals surface area contributed by atoms with Crippen molar-refractivity contribution in [3.05, 3.63) is 28.8 Å². The normalized spacial score (nSPS) is 21.5. The highest BCUT2D eigenvalue weighted by Crippen LogP contribution is 2.36. The number of carbonyl (C=O) groups excluding carboxylic acids is 1. The van der Waals surface area contributed by atoms with Crippen LogP contribution in [0.2, 0.25) is 5.02 Å². The highest BCUT2D eigenvalue weighted by Gasteiger charge is 2.31. The third-order valence-electron chi connectivity index (χ3n) is 4.10. The van der Waals surface area contributed by atoms with Crippen LogP contribution in [0.5, 0.6) is 0 Å². The molecule has 0 spiro atoms. The highest BCUT2D eigenvalue weighted by molar-refractivity contribution is 6.33. The Labute approximate surface area is 126 Å². The molecule has 4 heteroatoms. The SMILES string of the molecule is CC(C)C1CC(Nc2cc(C(=O)N(C)C)ccc2Cl)C1. The molecular weight excluding hydrogens is 272 g/mol. The summed E-state index contributed by atoms with van der Waals surface area (Å²) in [7, 11) is 3.51. The molecule has 20 heavy (non-hydrogen) atoms. The van der Waals surface area contributed by atoms with Gasteiger partial charge in [0.15, 0.2) is 0 Å². The van der Waals surface area contributed by atoms with E-state index in [1.165, 1.54) is 12.8 Å². The largest absolute Gasteiger partial charge is 0.381 e.